The highest BCUT2D eigenvalue weighted by molar-refractivity contribution is 5.71. The summed E-state index contributed by atoms with van der Waals surface area (Å²) in [6.45, 7) is 32.9. The molecule has 0 radical (unpaired) electrons. The maximum Gasteiger partial charge on any atom is 0.307 e. The summed E-state index contributed by atoms with van der Waals surface area (Å²) >= 11 is 0. The molecule has 0 N–H and O–H groups in total. The molecular formula is C61H115N3O12. The highest BCUT2D eigenvalue weighted by atomic mass is 16.6. The molecule has 0 aliphatic carbocycles. The molecule has 15 nitrogen and oxygen atoms in total. The van der Waals surface area contributed by atoms with E-state index in [2.05, 4.69) is 33.8 Å². The van der Waals surface area contributed by atoms with E-state index in [1.54, 1.807) is 0 Å². The molecule has 0 bridgehead atoms. The van der Waals surface area contributed by atoms with Crippen molar-refractivity contribution < 1.29 is 57.1 Å². The zero-order valence-corrected chi connectivity index (χ0v) is 51.1. The lowest BCUT2D eigenvalue weighted by Gasteiger charge is -2.25. The molecular weight excluding hydrogens is 967 g/mol. The average molecular weight is 1080 g/mol. The van der Waals surface area contributed by atoms with Crippen LogP contribution >= 0.6 is 0 Å². The van der Waals surface area contributed by atoms with Crippen molar-refractivity contribution in [3.05, 3.63) is 12.2 Å². The topological polar surface area (TPSA) is 160 Å². The van der Waals surface area contributed by atoms with Crippen molar-refractivity contribution in [2.24, 2.45) is 0 Å². The Morgan fingerprint density at radius 2 is 0.592 bits per heavy atom. The van der Waals surface area contributed by atoms with E-state index in [1.807, 2.05) is 83.1 Å². The first kappa shape index (κ1) is 72.9. The fourth-order valence-electron chi connectivity index (χ4n) is 8.23. The van der Waals surface area contributed by atoms with Gasteiger partial charge in [0.15, 0.2) is 0 Å². The molecule has 0 aliphatic rings. The van der Waals surface area contributed by atoms with Crippen LogP contribution < -0.4 is 0 Å². The Labute approximate surface area is 464 Å². The van der Waals surface area contributed by atoms with E-state index in [4.69, 9.17) is 33.2 Å². The maximum absolute atomic E-state index is 12.6. The monoisotopic (exact) mass is 1080 g/mol. The van der Waals surface area contributed by atoms with E-state index >= 15 is 0 Å². The van der Waals surface area contributed by atoms with Gasteiger partial charge >= 0.3 is 29.8 Å². The minimum Gasteiger partial charge on any atom is -0.466 e. The first-order valence-corrected chi connectivity index (χ1v) is 29.8. The Balaban J connectivity index is 5.10. The number of allylic oxidation sites excluding steroid dienone is 2. The van der Waals surface area contributed by atoms with Crippen LogP contribution in [0.5, 0.6) is 0 Å². The van der Waals surface area contributed by atoms with Gasteiger partial charge in [-0.2, -0.15) is 0 Å². The molecule has 0 atom stereocenters. The summed E-state index contributed by atoms with van der Waals surface area (Å²) in [6.07, 6.45) is 25.9. The second-order valence-corrected chi connectivity index (χ2v) is 24.4. The third-order valence-electron chi connectivity index (χ3n) is 11.8. The predicted octanol–water partition coefficient (Wildman–Crippen LogP) is 12.4. The van der Waals surface area contributed by atoms with Crippen LogP contribution in [0.3, 0.4) is 0 Å². The number of rotatable bonds is 47. The number of hydrogen-bond acceptors (Lipinski definition) is 15. The van der Waals surface area contributed by atoms with Crippen LogP contribution in [0.1, 0.15) is 238 Å². The Hall–Kier alpha value is -3.11. The van der Waals surface area contributed by atoms with E-state index in [1.165, 1.54) is 57.8 Å². The fourth-order valence-corrected chi connectivity index (χ4v) is 8.23. The van der Waals surface area contributed by atoms with Crippen LogP contribution in [0.4, 0.5) is 0 Å². The molecule has 15 heteroatoms. The van der Waals surface area contributed by atoms with Crippen molar-refractivity contribution in [2.75, 3.05) is 91.9 Å². The van der Waals surface area contributed by atoms with Gasteiger partial charge in [-0.3, -0.25) is 24.0 Å². The molecule has 0 saturated carbocycles. The Morgan fingerprint density at radius 1 is 0.316 bits per heavy atom. The molecule has 0 heterocycles. The molecule has 0 amide bonds. The lowest BCUT2D eigenvalue weighted by molar-refractivity contribution is -0.157. The van der Waals surface area contributed by atoms with Crippen LogP contribution in [0.2, 0.25) is 0 Å². The number of carbonyl (C=O) groups excluding carboxylic acids is 5. The molecule has 446 valence electrons. The number of hydrogen-bond donors (Lipinski definition) is 0. The van der Waals surface area contributed by atoms with Gasteiger partial charge in [0.1, 0.15) is 22.4 Å². The summed E-state index contributed by atoms with van der Waals surface area (Å²) in [5, 5.41) is 0. The first-order valence-electron chi connectivity index (χ1n) is 29.8. The Morgan fingerprint density at radius 3 is 0.908 bits per heavy atom. The average Bonchev–Trinajstić information content (AvgIpc) is 3.29. The largest absolute Gasteiger partial charge is 0.466 e. The molecule has 0 spiro atoms. The van der Waals surface area contributed by atoms with E-state index in [0.29, 0.717) is 78.7 Å². The van der Waals surface area contributed by atoms with E-state index in [9.17, 15) is 24.0 Å². The fraction of sp³-hybridized carbons (Fsp3) is 0.885. The predicted molar refractivity (Wildman–Crippen MR) is 306 cm³/mol. The number of nitrogens with zero attached hydrogens (tertiary/aromatic N) is 3. The molecule has 0 aromatic heterocycles. The summed E-state index contributed by atoms with van der Waals surface area (Å²) in [6, 6.07) is 0. The van der Waals surface area contributed by atoms with E-state index < -0.39 is 22.4 Å². The summed E-state index contributed by atoms with van der Waals surface area (Å²) in [7, 11) is 0. The minimum atomic E-state index is -0.560. The maximum atomic E-state index is 12.6. The quantitative estimate of drug-likeness (QED) is 0.0245. The third-order valence-corrected chi connectivity index (χ3v) is 11.8. The van der Waals surface area contributed by atoms with Crippen molar-refractivity contribution in [3.8, 4) is 0 Å². The van der Waals surface area contributed by atoms with Crippen LogP contribution in [-0.4, -0.2) is 159 Å². The zero-order valence-electron chi connectivity index (χ0n) is 51.1. The van der Waals surface area contributed by atoms with Crippen LogP contribution in [-0.2, 0) is 57.1 Å². The summed E-state index contributed by atoms with van der Waals surface area (Å²) < 4.78 is 39.9. The molecule has 0 unspecified atom stereocenters. The lowest BCUT2D eigenvalue weighted by atomic mass is 10.1. The van der Waals surface area contributed by atoms with Gasteiger partial charge in [-0.1, -0.05) is 70.4 Å². The minimum absolute atomic E-state index is 0.118. The normalized spacial score (nSPS) is 12.5. The van der Waals surface area contributed by atoms with Crippen LogP contribution in [0.25, 0.3) is 0 Å². The SMILES string of the molecule is CCCCCCCC/C=C\CCCCCCCC(=O)OCCCN(CCCOCCCN(CCC(=O)OC(C)(C)C)CCC(=O)OC(C)(C)C)CCCOCCCN(CCC(=O)OC(C)(C)C)CCC(=O)OC(C)(C)C. The molecule has 0 aromatic carbocycles. The summed E-state index contributed by atoms with van der Waals surface area (Å²) in [4.78, 5) is 69.1. The van der Waals surface area contributed by atoms with Gasteiger partial charge in [0, 0.05) is 91.8 Å². The lowest BCUT2D eigenvalue weighted by Crippen LogP contribution is -2.33. The summed E-state index contributed by atoms with van der Waals surface area (Å²) in [5.41, 5.74) is -2.24. The standard InChI is InChI=1S/C61H115N3O12/c1-14-15-16-17-18-19-20-21-22-23-24-25-26-27-28-34-53(65)72-52-33-43-62(39-29-48-70-50-31-41-63(44-35-54(66)73-58(2,3)4)45-36-55(67)74-59(5,6)7)40-30-49-71-51-32-42-64(46-37-56(68)75-60(8,9)10)47-38-57(69)76-61(11,12)13/h21-22H,14-20,23-52H2,1-13H3/b22-21-. The van der Waals surface area contributed by atoms with Crippen LogP contribution in [0.15, 0.2) is 12.2 Å². The van der Waals surface area contributed by atoms with Crippen molar-refractivity contribution >= 4 is 29.8 Å². The number of esters is 5. The van der Waals surface area contributed by atoms with Gasteiger partial charge in [0.25, 0.3) is 0 Å². The third kappa shape index (κ3) is 52.9. The highest BCUT2D eigenvalue weighted by Gasteiger charge is 2.22. The van der Waals surface area contributed by atoms with Crippen LogP contribution in [0, 0.1) is 0 Å². The second-order valence-electron chi connectivity index (χ2n) is 24.4. The molecule has 0 aliphatic heterocycles. The number of unbranched alkanes of at least 4 members (excludes halogenated alkanes) is 11. The van der Waals surface area contributed by atoms with Crippen molar-refractivity contribution in [3.63, 3.8) is 0 Å². The molecule has 0 fully saturated rings. The Bertz CT molecular complexity index is 1380. The second kappa shape index (κ2) is 43.7. The zero-order chi connectivity index (χ0) is 57.1. The highest BCUT2D eigenvalue weighted by Crippen LogP contribution is 2.15. The van der Waals surface area contributed by atoms with Gasteiger partial charge < -0.3 is 47.9 Å². The number of ether oxygens (including phenoxy) is 7. The van der Waals surface area contributed by atoms with Gasteiger partial charge in [0.2, 0.25) is 0 Å². The van der Waals surface area contributed by atoms with E-state index in [0.717, 1.165) is 77.4 Å². The molecule has 0 aromatic rings. The van der Waals surface area contributed by atoms with E-state index in [-0.39, 0.29) is 55.5 Å². The molecule has 0 rings (SSSR count). The number of carbonyl (C=O) groups is 5. The first-order chi connectivity index (χ1) is 35.8. The van der Waals surface area contributed by atoms with Crippen molar-refractivity contribution in [2.45, 2.75) is 260 Å². The van der Waals surface area contributed by atoms with Gasteiger partial charge in [-0.05, 0) is 147 Å². The van der Waals surface area contributed by atoms with Gasteiger partial charge in [-0.15, -0.1) is 0 Å². The smallest absolute Gasteiger partial charge is 0.307 e. The molecule has 76 heavy (non-hydrogen) atoms. The molecule has 0 saturated heterocycles. The van der Waals surface area contributed by atoms with Crippen molar-refractivity contribution in [1.29, 1.82) is 0 Å². The van der Waals surface area contributed by atoms with Gasteiger partial charge in [0.05, 0.1) is 32.3 Å². The van der Waals surface area contributed by atoms with Crippen molar-refractivity contribution in [1.82, 2.24) is 14.7 Å². The summed E-state index contributed by atoms with van der Waals surface area (Å²) in [5.74, 6) is -1.18. The Kier molecular flexibility index (Phi) is 41.9. The van der Waals surface area contributed by atoms with Gasteiger partial charge in [-0.25, -0.2) is 0 Å².